The van der Waals surface area contributed by atoms with E-state index in [-0.39, 0.29) is 18.0 Å². The number of aliphatic hydroxyl groups is 1. The molecule has 0 unspecified atom stereocenters. The van der Waals surface area contributed by atoms with Crippen LogP contribution in [-0.2, 0) is 13.6 Å². The molecule has 5 aromatic rings. The summed E-state index contributed by atoms with van der Waals surface area (Å²) in [6.07, 6.45) is 5.45. The third-order valence-corrected chi connectivity index (χ3v) is 7.97. The van der Waals surface area contributed by atoms with E-state index in [1.165, 1.54) is 17.1 Å². The molecule has 2 aromatic carbocycles. The molecule has 0 aliphatic carbocycles. The average Bonchev–Trinajstić information content (AvgIpc) is 3.54. The smallest absolute Gasteiger partial charge is 0.264 e. The molecule has 1 fully saturated rings. The molecule has 0 bridgehead atoms. The lowest BCUT2D eigenvalue weighted by molar-refractivity contribution is -0.0299. The van der Waals surface area contributed by atoms with Crippen LogP contribution in [0.2, 0.25) is 5.02 Å². The number of benzene rings is 2. The van der Waals surface area contributed by atoms with Gasteiger partial charge in [0.15, 0.2) is 5.65 Å². The standard InChI is InChI=1S/C29H28ClN7O3/c1-19-31-16-25(34(19)2)20-3-5-21(6-4-20)27(38)35-13-11-29(40,12-14-35)17-36-18-32-26-24(28(36)39)15-33-37(26)23-9-7-22(30)8-10-23/h3-10,15-16,18,40H,11-14,17H2,1-2H3. The molecular weight excluding hydrogens is 530 g/mol. The first-order chi connectivity index (χ1) is 19.2. The Morgan fingerprint density at radius 2 is 1.73 bits per heavy atom. The van der Waals surface area contributed by atoms with Crippen molar-refractivity contribution in [2.24, 2.45) is 7.05 Å². The quantitative estimate of drug-likeness (QED) is 0.353. The van der Waals surface area contributed by atoms with Gasteiger partial charge in [-0.1, -0.05) is 23.7 Å². The number of carbonyl (C=O) groups is 1. The molecule has 1 aliphatic heterocycles. The Labute approximate surface area is 235 Å². The summed E-state index contributed by atoms with van der Waals surface area (Å²) in [5.41, 5.74) is 2.32. The summed E-state index contributed by atoms with van der Waals surface area (Å²) in [6.45, 7) is 2.80. The van der Waals surface area contributed by atoms with Gasteiger partial charge in [-0.05, 0) is 61.7 Å². The molecule has 1 aliphatic rings. The van der Waals surface area contributed by atoms with Crippen molar-refractivity contribution in [3.05, 3.63) is 94.0 Å². The van der Waals surface area contributed by atoms with Gasteiger partial charge < -0.3 is 14.6 Å². The molecule has 4 heterocycles. The number of aromatic nitrogens is 6. The van der Waals surface area contributed by atoms with Gasteiger partial charge >= 0.3 is 0 Å². The SMILES string of the molecule is Cc1ncc(-c2ccc(C(=O)N3CCC(O)(Cn4cnc5c(cnn5-c5ccc(Cl)cc5)c4=O)CC3)cc2)n1C. The normalized spacial score (nSPS) is 15.1. The van der Waals surface area contributed by atoms with Crippen molar-refractivity contribution in [2.45, 2.75) is 31.9 Å². The molecule has 6 rings (SSSR count). The molecule has 1 N–H and O–H groups in total. The Morgan fingerprint density at radius 3 is 2.38 bits per heavy atom. The zero-order valence-electron chi connectivity index (χ0n) is 22.2. The van der Waals surface area contributed by atoms with E-state index >= 15 is 0 Å². The Bertz CT molecular complexity index is 1760. The van der Waals surface area contributed by atoms with E-state index in [0.29, 0.717) is 47.6 Å². The van der Waals surface area contributed by atoms with Crippen LogP contribution in [0.3, 0.4) is 0 Å². The predicted octanol–water partition coefficient (Wildman–Crippen LogP) is 3.61. The van der Waals surface area contributed by atoms with Crippen molar-refractivity contribution in [3.8, 4) is 16.9 Å². The van der Waals surface area contributed by atoms with Crippen molar-refractivity contribution >= 4 is 28.5 Å². The number of aryl methyl sites for hydroxylation is 1. The largest absolute Gasteiger partial charge is 0.388 e. The molecule has 0 atom stereocenters. The number of nitrogens with zero attached hydrogens (tertiary/aromatic N) is 7. The summed E-state index contributed by atoms with van der Waals surface area (Å²) < 4.78 is 5.01. The minimum atomic E-state index is -1.14. The van der Waals surface area contributed by atoms with Gasteiger partial charge in [0.2, 0.25) is 0 Å². The van der Waals surface area contributed by atoms with Gasteiger partial charge in [-0.3, -0.25) is 14.2 Å². The number of fused-ring (bicyclic) bond motifs is 1. The minimum absolute atomic E-state index is 0.0790. The zero-order chi connectivity index (χ0) is 28.0. The lowest BCUT2D eigenvalue weighted by atomic mass is 9.91. The zero-order valence-corrected chi connectivity index (χ0v) is 22.9. The number of hydrogen-bond donors (Lipinski definition) is 1. The monoisotopic (exact) mass is 557 g/mol. The first-order valence-corrected chi connectivity index (χ1v) is 13.4. The maximum Gasteiger partial charge on any atom is 0.264 e. The number of rotatable bonds is 5. The van der Waals surface area contributed by atoms with Gasteiger partial charge in [-0.2, -0.15) is 5.10 Å². The van der Waals surface area contributed by atoms with Gasteiger partial charge in [-0.25, -0.2) is 14.6 Å². The molecule has 10 nitrogen and oxygen atoms in total. The second kappa shape index (κ2) is 10.0. The topological polar surface area (TPSA) is 111 Å². The first kappa shape index (κ1) is 26.0. The summed E-state index contributed by atoms with van der Waals surface area (Å²) in [4.78, 5) is 36.9. The van der Waals surface area contributed by atoms with E-state index < -0.39 is 5.60 Å². The fourth-order valence-corrected chi connectivity index (χ4v) is 5.30. The summed E-state index contributed by atoms with van der Waals surface area (Å²) in [7, 11) is 1.96. The summed E-state index contributed by atoms with van der Waals surface area (Å²) >= 11 is 5.99. The van der Waals surface area contributed by atoms with Gasteiger partial charge in [0.1, 0.15) is 17.5 Å². The van der Waals surface area contributed by atoms with Gasteiger partial charge in [0, 0.05) is 30.7 Å². The van der Waals surface area contributed by atoms with Crippen LogP contribution in [0.1, 0.15) is 29.0 Å². The summed E-state index contributed by atoms with van der Waals surface area (Å²) in [6, 6.07) is 14.6. The van der Waals surface area contributed by atoms with Crippen molar-refractivity contribution < 1.29 is 9.90 Å². The lowest BCUT2D eigenvalue weighted by Crippen LogP contribution is -2.49. The fraction of sp³-hybridized carbons (Fsp3) is 0.276. The number of halogens is 1. The predicted molar refractivity (Wildman–Crippen MR) is 152 cm³/mol. The highest BCUT2D eigenvalue weighted by Gasteiger charge is 2.35. The fourth-order valence-electron chi connectivity index (χ4n) is 5.17. The summed E-state index contributed by atoms with van der Waals surface area (Å²) in [5, 5.41) is 16.6. The van der Waals surface area contributed by atoms with Crippen molar-refractivity contribution in [1.29, 1.82) is 0 Å². The number of piperidine rings is 1. The highest BCUT2D eigenvalue weighted by molar-refractivity contribution is 6.30. The van der Waals surface area contributed by atoms with Crippen LogP contribution in [0, 0.1) is 6.92 Å². The second-order valence-corrected chi connectivity index (χ2v) is 10.7. The van der Waals surface area contributed by atoms with Crippen LogP contribution in [0.5, 0.6) is 0 Å². The van der Waals surface area contributed by atoms with Crippen LogP contribution in [0.4, 0.5) is 0 Å². The van der Waals surface area contributed by atoms with E-state index in [1.807, 2.05) is 49.0 Å². The van der Waals surface area contributed by atoms with Gasteiger partial charge in [-0.15, -0.1) is 0 Å². The van der Waals surface area contributed by atoms with Crippen LogP contribution in [-0.4, -0.2) is 63.5 Å². The molecule has 0 saturated carbocycles. The number of amides is 1. The van der Waals surface area contributed by atoms with Crippen LogP contribution < -0.4 is 5.56 Å². The van der Waals surface area contributed by atoms with Crippen molar-refractivity contribution in [3.63, 3.8) is 0 Å². The molecule has 40 heavy (non-hydrogen) atoms. The first-order valence-electron chi connectivity index (χ1n) is 13.0. The molecule has 1 amide bonds. The van der Waals surface area contributed by atoms with Gasteiger partial charge in [0.25, 0.3) is 11.5 Å². The van der Waals surface area contributed by atoms with E-state index in [1.54, 1.807) is 33.8 Å². The van der Waals surface area contributed by atoms with Crippen LogP contribution in [0.25, 0.3) is 28.0 Å². The van der Waals surface area contributed by atoms with E-state index in [0.717, 1.165) is 22.8 Å². The third kappa shape index (κ3) is 4.69. The van der Waals surface area contributed by atoms with E-state index in [4.69, 9.17) is 11.6 Å². The maximum absolute atomic E-state index is 13.2. The van der Waals surface area contributed by atoms with Gasteiger partial charge in [0.05, 0.1) is 35.9 Å². The molecule has 0 radical (unpaired) electrons. The molecule has 3 aromatic heterocycles. The Hall–Kier alpha value is -4.28. The number of carbonyl (C=O) groups excluding carboxylic acids is 1. The lowest BCUT2D eigenvalue weighted by Gasteiger charge is -2.38. The molecule has 11 heteroatoms. The van der Waals surface area contributed by atoms with E-state index in [2.05, 4.69) is 15.1 Å². The summed E-state index contributed by atoms with van der Waals surface area (Å²) in [5.74, 6) is 0.839. The third-order valence-electron chi connectivity index (χ3n) is 7.72. The van der Waals surface area contributed by atoms with E-state index in [9.17, 15) is 14.7 Å². The molecule has 204 valence electrons. The number of likely N-dealkylation sites (tertiary alicyclic amines) is 1. The number of imidazole rings is 1. The minimum Gasteiger partial charge on any atom is -0.388 e. The van der Waals surface area contributed by atoms with Crippen LogP contribution in [0.15, 0.2) is 72.0 Å². The Balaban J connectivity index is 1.13. The highest BCUT2D eigenvalue weighted by Crippen LogP contribution is 2.26. The Morgan fingerprint density at radius 1 is 1.02 bits per heavy atom. The maximum atomic E-state index is 13.2. The average molecular weight is 558 g/mol. The molecule has 1 saturated heterocycles. The van der Waals surface area contributed by atoms with Crippen LogP contribution >= 0.6 is 11.6 Å². The number of hydrogen-bond acceptors (Lipinski definition) is 6. The van der Waals surface area contributed by atoms with Crippen molar-refractivity contribution in [2.75, 3.05) is 13.1 Å². The molecule has 0 spiro atoms. The Kier molecular flexibility index (Phi) is 6.52. The van der Waals surface area contributed by atoms with Crippen molar-refractivity contribution in [1.82, 2.24) is 33.8 Å². The second-order valence-electron chi connectivity index (χ2n) is 10.3. The molecular formula is C29H28ClN7O3. The highest BCUT2D eigenvalue weighted by atomic mass is 35.5.